The molecule has 2 amide bonds. The van der Waals surface area contributed by atoms with Crippen LogP contribution in [-0.4, -0.2) is 22.8 Å². The van der Waals surface area contributed by atoms with E-state index in [9.17, 15) is 9.59 Å². The number of nitriles is 1. The van der Waals surface area contributed by atoms with E-state index in [0.717, 1.165) is 5.56 Å². The van der Waals surface area contributed by atoms with Crippen molar-refractivity contribution in [2.75, 3.05) is 0 Å². The first-order valence-corrected chi connectivity index (χ1v) is 8.01. The molecular weight excluding hydrogens is 328 g/mol. The van der Waals surface area contributed by atoms with E-state index >= 15 is 0 Å². The highest BCUT2D eigenvalue weighted by Crippen LogP contribution is 2.16. The monoisotopic (exact) mass is 344 g/mol. The van der Waals surface area contributed by atoms with Crippen LogP contribution in [0.1, 0.15) is 21.5 Å². The molecule has 0 bridgehead atoms. The number of benzene rings is 2. The Hall–Kier alpha value is -3.72. The van der Waals surface area contributed by atoms with Crippen LogP contribution in [-0.2, 0) is 11.2 Å². The number of nitrogens with zero attached hydrogens (tertiary/aromatic N) is 2. The van der Waals surface area contributed by atoms with E-state index in [1.165, 1.54) is 0 Å². The molecule has 26 heavy (non-hydrogen) atoms. The number of hydrogen-bond acceptors (Lipinski definition) is 4. The first-order valence-electron chi connectivity index (χ1n) is 8.01. The molecule has 0 spiro atoms. The summed E-state index contributed by atoms with van der Waals surface area (Å²) in [7, 11) is 0. The fourth-order valence-electron chi connectivity index (χ4n) is 2.76. The fraction of sp³-hybridized carbons (Fsp3) is 0.100. The van der Waals surface area contributed by atoms with E-state index in [1.807, 2.05) is 24.3 Å². The topological polar surface area (TPSA) is 109 Å². The van der Waals surface area contributed by atoms with Gasteiger partial charge in [0.15, 0.2) is 0 Å². The summed E-state index contributed by atoms with van der Waals surface area (Å²) >= 11 is 0. The van der Waals surface area contributed by atoms with Crippen LogP contribution in [0.5, 0.6) is 0 Å². The van der Waals surface area contributed by atoms with Crippen molar-refractivity contribution in [1.29, 1.82) is 5.26 Å². The summed E-state index contributed by atoms with van der Waals surface area (Å²) in [5.41, 5.74) is 7.81. The molecule has 1 heterocycles. The normalized spacial score (nSPS) is 11.5. The summed E-state index contributed by atoms with van der Waals surface area (Å²) in [6.45, 7) is 0. The van der Waals surface area contributed by atoms with E-state index in [0.29, 0.717) is 22.0 Å². The largest absolute Gasteiger partial charge is 0.368 e. The molecule has 0 aliphatic rings. The Morgan fingerprint density at radius 2 is 1.96 bits per heavy atom. The molecule has 0 unspecified atom stereocenters. The molecule has 1 aromatic heterocycles. The second-order valence-corrected chi connectivity index (χ2v) is 5.82. The number of nitrogens with two attached hydrogens (primary N) is 1. The Morgan fingerprint density at radius 1 is 1.15 bits per heavy atom. The summed E-state index contributed by atoms with van der Waals surface area (Å²) in [5, 5.41) is 12.4. The Bertz CT molecular complexity index is 1020. The summed E-state index contributed by atoms with van der Waals surface area (Å²) in [5.74, 6) is -1.04. The molecule has 0 fully saturated rings. The minimum atomic E-state index is -0.886. The highest BCUT2D eigenvalue weighted by Gasteiger charge is 2.21. The van der Waals surface area contributed by atoms with E-state index in [4.69, 9.17) is 11.0 Å². The van der Waals surface area contributed by atoms with Gasteiger partial charge in [0, 0.05) is 18.0 Å². The molecule has 0 saturated carbocycles. The van der Waals surface area contributed by atoms with E-state index in [-0.39, 0.29) is 6.42 Å². The van der Waals surface area contributed by atoms with Gasteiger partial charge in [-0.05, 0) is 29.8 Å². The third-order valence-corrected chi connectivity index (χ3v) is 4.04. The van der Waals surface area contributed by atoms with Gasteiger partial charge < -0.3 is 11.1 Å². The van der Waals surface area contributed by atoms with Crippen molar-refractivity contribution in [2.45, 2.75) is 12.5 Å². The number of rotatable bonds is 5. The molecule has 1 atom stereocenters. The summed E-state index contributed by atoms with van der Waals surface area (Å²) in [6.07, 6.45) is 1.76. The van der Waals surface area contributed by atoms with Crippen LogP contribution in [0.15, 0.2) is 60.8 Å². The number of carbonyl (C=O) groups is 2. The maximum Gasteiger partial charge on any atom is 0.252 e. The van der Waals surface area contributed by atoms with Crippen molar-refractivity contribution < 1.29 is 9.59 Å². The number of primary amides is 1. The molecule has 0 aliphatic carbocycles. The van der Waals surface area contributed by atoms with Crippen LogP contribution in [0, 0.1) is 11.3 Å². The first kappa shape index (κ1) is 17.1. The molecule has 0 saturated heterocycles. The zero-order valence-corrected chi connectivity index (χ0v) is 13.8. The lowest BCUT2D eigenvalue weighted by atomic mass is 10.0. The molecule has 3 N–H and O–H groups in total. The van der Waals surface area contributed by atoms with Crippen molar-refractivity contribution in [3.8, 4) is 6.07 Å². The number of amides is 2. The third kappa shape index (κ3) is 3.68. The van der Waals surface area contributed by atoms with E-state index < -0.39 is 17.9 Å². The summed E-state index contributed by atoms with van der Waals surface area (Å²) < 4.78 is 0. The van der Waals surface area contributed by atoms with Crippen LogP contribution < -0.4 is 11.1 Å². The standard InChI is InChI=1S/C20H16N4O2/c21-12-14-5-3-4-13(10-14)11-18(19(22)25)24-20(26)16-8-9-23-17-7-2-1-6-15(16)17/h1-10,18H,11H2,(H2,22,25)(H,24,26)/t18-/m0/s1. The Balaban J connectivity index is 1.84. The molecule has 6 heteroatoms. The highest BCUT2D eigenvalue weighted by atomic mass is 16.2. The lowest BCUT2D eigenvalue weighted by Gasteiger charge is -2.16. The number of pyridine rings is 1. The zero-order valence-electron chi connectivity index (χ0n) is 13.8. The first-order chi connectivity index (χ1) is 12.6. The van der Waals surface area contributed by atoms with Crippen molar-refractivity contribution in [2.24, 2.45) is 5.73 Å². The van der Waals surface area contributed by atoms with Gasteiger partial charge in [-0.15, -0.1) is 0 Å². The predicted octanol–water partition coefficient (Wildman–Crippen LogP) is 1.93. The van der Waals surface area contributed by atoms with Crippen molar-refractivity contribution in [3.05, 3.63) is 77.5 Å². The summed E-state index contributed by atoms with van der Waals surface area (Å²) in [4.78, 5) is 28.7. The number of hydrogen-bond donors (Lipinski definition) is 2. The minimum Gasteiger partial charge on any atom is -0.368 e. The van der Waals surface area contributed by atoms with Crippen LogP contribution in [0.2, 0.25) is 0 Å². The Labute approximate surface area is 150 Å². The molecule has 2 aromatic carbocycles. The van der Waals surface area contributed by atoms with Gasteiger partial charge in [0.05, 0.1) is 22.7 Å². The van der Waals surface area contributed by atoms with Crippen molar-refractivity contribution in [1.82, 2.24) is 10.3 Å². The van der Waals surface area contributed by atoms with Gasteiger partial charge in [-0.3, -0.25) is 14.6 Å². The molecular formula is C20H16N4O2. The smallest absolute Gasteiger partial charge is 0.252 e. The SMILES string of the molecule is N#Cc1cccc(C[C@H](NC(=O)c2ccnc3ccccc23)C(N)=O)c1. The second-order valence-electron chi connectivity index (χ2n) is 5.82. The Kier molecular flexibility index (Phi) is 4.90. The lowest BCUT2D eigenvalue weighted by molar-refractivity contribution is -0.119. The average Bonchev–Trinajstić information content (AvgIpc) is 2.67. The fourth-order valence-corrected chi connectivity index (χ4v) is 2.76. The Morgan fingerprint density at radius 3 is 2.73 bits per heavy atom. The van der Waals surface area contributed by atoms with Crippen LogP contribution in [0.25, 0.3) is 10.9 Å². The number of fused-ring (bicyclic) bond motifs is 1. The van der Waals surface area contributed by atoms with Gasteiger partial charge in [0.1, 0.15) is 6.04 Å². The van der Waals surface area contributed by atoms with Crippen LogP contribution in [0.3, 0.4) is 0 Å². The van der Waals surface area contributed by atoms with Gasteiger partial charge in [0.2, 0.25) is 5.91 Å². The lowest BCUT2D eigenvalue weighted by Crippen LogP contribution is -2.45. The van der Waals surface area contributed by atoms with E-state index in [1.54, 1.807) is 42.6 Å². The molecule has 0 radical (unpaired) electrons. The van der Waals surface area contributed by atoms with Gasteiger partial charge in [-0.1, -0.05) is 30.3 Å². The van der Waals surface area contributed by atoms with E-state index in [2.05, 4.69) is 10.3 Å². The number of carbonyl (C=O) groups excluding carboxylic acids is 2. The molecule has 6 nitrogen and oxygen atoms in total. The van der Waals surface area contributed by atoms with Crippen molar-refractivity contribution in [3.63, 3.8) is 0 Å². The molecule has 3 rings (SSSR count). The predicted molar refractivity (Wildman–Crippen MR) is 97.1 cm³/mol. The highest BCUT2D eigenvalue weighted by molar-refractivity contribution is 6.07. The maximum atomic E-state index is 12.7. The number of nitrogens with one attached hydrogen (secondary N) is 1. The van der Waals surface area contributed by atoms with Gasteiger partial charge in [0.25, 0.3) is 5.91 Å². The zero-order chi connectivity index (χ0) is 18.5. The second kappa shape index (κ2) is 7.45. The molecule has 0 aliphatic heterocycles. The van der Waals surface area contributed by atoms with Crippen LogP contribution >= 0.6 is 0 Å². The molecule has 3 aromatic rings. The quantitative estimate of drug-likeness (QED) is 0.737. The number of para-hydroxylation sites is 1. The number of aromatic nitrogens is 1. The minimum absolute atomic E-state index is 0.208. The van der Waals surface area contributed by atoms with Gasteiger partial charge in [-0.25, -0.2) is 0 Å². The summed E-state index contributed by atoms with van der Waals surface area (Å²) in [6, 6.07) is 16.9. The maximum absolute atomic E-state index is 12.7. The van der Waals surface area contributed by atoms with Gasteiger partial charge >= 0.3 is 0 Å². The van der Waals surface area contributed by atoms with Gasteiger partial charge in [-0.2, -0.15) is 5.26 Å². The average molecular weight is 344 g/mol. The molecule has 128 valence electrons. The van der Waals surface area contributed by atoms with Crippen molar-refractivity contribution >= 4 is 22.7 Å². The van der Waals surface area contributed by atoms with Crippen LogP contribution in [0.4, 0.5) is 0 Å². The third-order valence-electron chi connectivity index (χ3n) is 4.04.